The Bertz CT molecular complexity index is 802. The summed E-state index contributed by atoms with van der Waals surface area (Å²) >= 11 is 0. The molecular formula is C24H31NO3. The van der Waals surface area contributed by atoms with Crippen LogP contribution in [0, 0.1) is 5.92 Å². The fourth-order valence-corrected chi connectivity index (χ4v) is 4.33. The molecule has 4 N–H and O–H groups in total. The highest BCUT2D eigenvalue weighted by molar-refractivity contribution is 5.81. The third-order valence-corrected chi connectivity index (χ3v) is 6.02. The Morgan fingerprint density at radius 1 is 0.964 bits per heavy atom. The number of carbonyl (C=O) groups excluding carboxylic acids is 1. The molecule has 2 unspecified atom stereocenters. The molecule has 0 aliphatic heterocycles. The Balaban J connectivity index is 1.47. The lowest BCUT2D eigenvalue weighted by Gasteiger charge is -2.16. The van der Waals surface area contributed by atoms with E-state index in [0.717, 1.165) is 12.0 Å². The summed E-state index contributed by atoms with van der Waals surface area (Å²) in [5.41, 5.74) is 9.14. The third kappa shape index (κ3) is 5.59. The van der Waals surface area contributed by atoms with Crippen molar-refractivity contribution in [1.29, 1.82) is 0 Å². The van der Waals surface area contributed by atoms with Crippen molar-refractivity contribution >= 4 is 5.78 Å². The van der Waals surface area contributed by atoms with Crippen molar-refractivity contribution in [3.05, 3.63) is 59.2 Å². The first kappa shape index (κ1) is 20.4. The van der Waals surface area contributed by atoms with Crippen LogP contribution in [0.1, 0.15) is 67.6 Å². The van der Waals surface area contributed by atoms with Crippen molar-refractivity contribution in [2.45, 2.75) is 63.8 Å². The van der Waals surface area contributed by atoms with Gasteiger partial charge in [-0.2, -0.15) is 0 Å². The molecule has 1 aliphatic rings. The van der Waals surface area contributed by atoms with Gasteiger partial charge in [-0.05, 0) is 66.3 Å². The van der Waals surface area contributed by atoms with Gasteiger partial charge in [-0.1, -0.05) is 43.2 Å². The van der Waals surface area contributed by atoms with Gasteiger partial charge in [0.15, 0.2) is 11.5 Å². The second-order valence-electron chi connectivity index (χ2n) is 8.10. The number of Topliss-reactive ketones (excluding diaryl/α,β-unsaturated/α-hetero) is 1. The van der Waals surface area contributed by atoms with Crippen LogP contribution in [0.2, 0.25) is 0 Å². The summed E-state index contributed by atoms with van der Waals surface area (Å²) in [6.07, 6.45) is 7.81. The highest BCUT2D eigenvalue weighted by atomic mass is 16.3. The molecule has 0 heterocycles. The maximum atomic E-state index is 12.3. The molecule has 0 radical (unpaired) electrons. The number of phenols is 2. The molecule has 2 aromatic carbocycles. The van der Waals surface area contributed by atoms with Gasteiger partial charge in [-0.15, -0.1) is 0 Å². The van der Waals surface area contributed by atoms with E-state index in [1.165, 1.54) is 55.4 Å². The average molecular weight is 382 g/mol. The van der Waals surface area contributed by atoms with E-state index >= 15 is 0 Å². The fraction of sp³-hybridized carbons (Fsp3) is 0.458. The molecule has 28 heavy (non-hydrogen) atoms. The zero-order chi connectivity index (χ0) is 19.9. The van der Waals surface area contributed by atoms with Gasteiger partial charge in [0.25, 0.3) is 0 Å². The molecule has 2 aromatic rings. The molecule has 4 nitrogen and oxygen atoms in total. The van der Waals surface area contributed by atoms with E-state index in [-0.39, 0.29) is 17.3 Å². The van der Waals surface area contributed by atoms with Gasteiger partial charge in [0, 0.05) is 19.4 Å². The first-order valence-electron chi connectivity index (χ1n) is 10.4. The standard InChI is InChI=1S/C24H31NO3/c25-16-19-4-2-6-21(13-19)20-5-1-3-17(7-10-20)8-11-22(26)14-18-9-12-23(27)24(28)15-18/h2,4,6,9,12-13,15,17,20,27-28H,1,3,5,7-8,10-11,14,16,25H2. The second-order valence-corrected chi connectivity index (χ2v) is 8.10. The number of carbonyl (C=O) groups is 1. The smallest absolute Gasteiger partial charge is 0.157 e. The van der Waals surface area contributed by atoms with Crippen molar-refractivity contribution in [3.8, 4) is 11.5 Å². The van der Waals surface area contributed by atoms with Crippen LogP contribution in [0.25, 0.3) is 0 Å². The first-order chi connectivity index (χ1) is 13.5. The van der Waals surface area contributed by atoms with Crippen LogP contribution < -0.4 is 5.73 Å². The molecule has 0 amide bonds. The quantitative estimate of drug-likeness (QED) is 0.475. The minimum absolute atomic E-state index is 0.152. The minimum Gasteiger partial charge on any atom is -0.504 e. The molecule has 0 saturated heterocycles. The lowest BCUT2D eigenvalue weighted by Crippen LogP contribution is -2.07. The van der Waals surface area contributed by atoms with E-state index in [2.05, 4.69) is 24.3 Å². The summed E-state index contributed by atoms with van der Waals surface area (Å²) in [4.78, 5) is 12.3. The van der Waals surface area contributed by atoms with Gasteiger partial charge >= 0.3 is 0 Å². The van der Waals surface area contributed by atoms with Crippen molar-refractivity contribution in [3.63, 3.8) is 0 Å². The number of hydrogen-bond donors (Lipinski definition) is 3. The fourth-order valence-electron chi connectivity index (χ4n) is 4.33. The number of rotatable bonds is 7. The maximum absolute atomic E-state index is 12.3. The summed E-state index contributed by atoms with van der Waals surface area (Å²) in [5.74, 6) is 1.09. The molecule has 1 fully saturated rings. The van der Waals surface area contributed by atoms with Gasteiger partial charge in [0.2, 0.25) is 0 Å². The van der Waals surface area contributed by atoms with E-state index in [1.807, 2.05) is 0 Å². The van der Waals surface area contributed by atoms with E-state index in [0.29, 0.717) is 31.2 Å². The number of phenolic OH excluding ortho intramolecular Hbond substituents is 2. The molecular weight excluding hydrogens is 350 g/mol. The molecule has 4 heteroatoms. The van der Waals surface area contributed by atoms with Gasteiger partial charge in [-0.25, -0.2) is 0 Å². The van der Waals surface area contributed by atoms with Crippen LogP contribution in [0.4, 0.5) is 0 Å². The monoisotopic (exact) mass is 381 g/mol. The van der Waals surface area contributed by atoms with Crippen LogP contribution in [0.3, 0.4) is 0 Å². The SMILES string of the molecule is NCc1cccc(C2CCCC(CCC(=O)Cc3ccc(O)c(O)c3)CC2)c1. The summed E-state index contributed by atoms with van der Waals surface area (Å²) in [6.45, 7) is 0.587. The zero-order valence-electron chi connectivity index (χ0n) is 16.4. The van der Waals surface area contributed by atoms with E-state index < -0.39 is 0 Å². The Morgan fingerprint density at radius 3 is 2.61 bits per heavy atom. The van der Waals surface area contributed by atoms with Crippen molar-refractivity contribution in [2.24, 2.45) is 11.7 Å². The zero-order valence-corrected chi connectivity index (χ0v) is 16.4. The first-order valence-corrected chi connectivity index (χ1v) is 10.4. The van der Waals surface area contributed by atoms with Crippen LogP contribution in [-0.2, 0) is 17.8 Å². The number of hydrogen-bond acceptors (Lipinski definition) is 4. The molecule has 1 aliphatic carbocycles. The molecule has 2 atom stereocenters. The van der Waals surface area contributed by atoms with Crippen LogP contribution in [-0.4, -0.2) is 16.0 Å². The molecule has 0 spiro atoms. The Hall–Kier alpha value is -2.33. The van der Waals surface area contributed by atoms with Crippen molar-refractivity contribution in [2.75, 3.05) is 0 Å². The van der Waals surface area contributed by atoms with E-state index in [1.54, 1.807) is 6.07 Å². The second kappa shape index (κ2) is 9.74. The molecule has 3 rings (SSSR count). The number of nitrogens with two attached hydrogens (primary N) is 1. The summed E-state index contributed by atoms with van der Waals surface area (Å²) in [5, 5.41) is 18.9. The summed E-state index contributed by atoms with van der Waals surface area (Å²) < 4.78 is 0. The number of aromatic hydroxyl groups is 2. The van der Waals surface area contributed by atoms with Crippen LogP contribution in [0.15, 0.2) is 42.5 Å². The highest BCUT2D eigenvalue weighted by Crippen LogP contribution is 2.36. The Morgan fingerprint density at radius 2 is 1.82 bits per heavy atom. The minimum atomic E-state index is -0.168. The van der Waals surface area contributed by atoms with Gasteiger partial charge < -0.3 is 15.9 Å². The summed E-state index contributed by atoms with van der Waals surface area (Å²) in [6, 6.07) is 13.3. The summed E-state index contributed by atoms with van der Waals surface area (Å²) in [7, 11) is 0. The lowest BCUT2D eigenvalue weighted by atomic mass is 9.89. The maximum Gasteiger partial charge on any atom is 0.157 e. The lowest BCUT2D eigenvalue weighted by molar-refractivity contribution is -0.118. The van der Waals surface area contributed by atoms with Gasteiger partial charge in [0.1, 0.15) is 5.78 Å². The number of benzene rings is 2. The van der Waals surface area contributed by atoms with Crippen molar-refractivity contribution < 1.29 is 15.0 Å². The molecule has 150 valence electrons. The average Bonchev–Trinajstić information content (AvgIpc) is 2.95. The number of ketones is 1. The van der Waals surface area contributed by atoms with E-state index in [4.69, 9.17) is 5.73 Å². The molecule has 1 saturated carbocycles. The van der Waals surface area contributed by atoms with E-state index in [9.17, 15) is 15.0 Å². The topological polar surface area (TPSA) is 83.6 Å². The highest BCUT2D eigenvalue weighted by Gasteiger charge is 2.21. The molecule has 0 aromatic heterocycles. The normalized spacial score (nSPS) is 19.9. The van der Waals surface area contributed by atoms with Gasteiger partial charge in [-0.3, -0.25) is 4.79 Å². The molecule has 0 bridgehead atoms. The van der Waals surface area contributed by atoms with Crippen molar-refractivity contribution in [1.82, 2.24) is 0 Å². The largest absolute Gasteiger partial charge is 0.504 e. The van der Waals surface area contributed by atoms with Gasteiger partial charge in [0.05, 0.1) is 0 Å². The third-order valence-electron chi connectivity index (χ3n) is 6.02. The Labute approximate surface area is 167 Å². The predicted octanol–water partition coefficient (Wildman–Crippen LogP) is 4.81. The van der Waals surface area contributed by atoms with Crippen LogP contribution >= 0.6 is 0 Å². The Kier molecular flexibility index (Phi) is 7.10. The predicted molar refractivity (Wildman–Crippen MR) is 111 cm³/mol. The van der Waals surface area contributed by atoms with Crippen LogP contribution in [0.5, 0.6) is 11.5 Å².